The molecule has 0 aliphatic carbocycles. The van der Waals surface area contributed by atoms with Crippen molar-refractivity contribution in [2.75, 3.05) is 6.61 Å². The van der Waals surface area contributed by atoms with Crippen molar-refractivity contribution in [3.05, 3.63) is 32.6 Å². The summed E-state index contributed by atoms with van der Waals surface area (Å²) in [4.78, 5) is 24.4. The first-order valence-corrected chi connectivity index (χ1v) is 5.52. The molecule has 0 unspecified atom stereocenters. The Hall–Kier alpha value is -1.83. The maximum atomic E-state index is 12.5. The fourth-order valence-electron chi connectivity index (χ4n) is 1.38. The molecule has 1 aromatic heterocycles. The van der Waals surface area contributed by atoms with Gasteiger partial charge in [-0.05, 0) is 13.0 Å². The number of hydrogen-bond donors (Lipinski definition) is 0. The van der Waals surface area contributed by atoms with Crippen LogP contribution in [-0.2, 0) is 16.0 Å². The number of hydrogen-bond acceptors (Lipinski definition) is 5. The predicted molar refractivity (Wildman–Crippen MR) is 61.2 cm³/mol. The highest BCUT2D eigenvalue weighted by molar-refractivity contribution is 6.31. The average molecular weight is 295 g/mol. The zero-order chi connectivity index (χ0) is 14.6. The van der Waals surface area contributed by atoms with Crippen molar-refractivity contribution in [3.63, 3.8) is 0 Å². The minimum atomic E-state index is -2.95. The van der Waals surface area contributed by atoms with Crippen molar-refractivity contribution < 1.29 is 23.2 Å². The SMILES string of the molecule is CCOC(=O)Cc1cc(C(F)F)nc(Cl)c1[N+](=O)[O-]. The highest BCUT2D eigenvalue weighted by Crippen LogP contribution is 2.31. The van der Waals surface area contributed by atoms with E-state index in [9.17, 15) is 23.7 Å². The molecule has 9 heteroatoms. The molecule has 0 radical (unpaired) electrons. The molecule has 0 atom stereocenters. The lowest BCUT2D eigenvalue weighted by Gasteiger charge is -2.07. The first kappa shape index (κ1) is 15.2. The third-order valence-electron chi connectivity index (χ3n) is 2.10. The van der Waals surface area contributed by atoms with E-state index in [1.165, 1.54) is 0 Å². The van der Waals surface area contributed by atoms with Crippen molar-refractivity contribution in [2.24, 2.45) is 0 Å². The van der Waals surface area contributed by atoms with Crippen LogP contribution in [0.4, 0.5) is 14.5 Å². The lowest BCUT2D eigenvalue weighted by Crippen LogP contribution is -2.11. The van der Waals surface area contributed by atoms with Gasteiger partial charge in [-0.2, -0.15) is 0 Å². The van der Waals surface area contributed by atoms with Crippen LogP contribution in [0.5, 0.6) is 0 Å². The Morgan fingerprint density at radius 3 is 2.74 bits per heavy atom. The average Bonchev–Trinajstić information content (AvgIpc) is 2.27. The minimum absolute atomic E-state index is 0.0765. The lowest BCUT2D eigenvalue weighted by atomic mass is 10.1. The van der Waals surface area contributed by atoms with Crippen molar-refractivity contribution >= 4 is 23.3 Å². The van der Waals surface area contributed by atoms with Crippen LogP contribution in [0.25, 0.3) is 0 Å². The quantitative estimate of drug-likeness (QED) is 0.361. The molecule has 1 heterocycles. The summed E-state index contributed by atoms with van der Waals surface area (Å²) >= 11 is 5.50. The highest BCUT2D eigenvalue weighted by atomic mass is 35.5. The third kappa shape index (κ3) is 3.82. The molecular formula is C10H9ClF2N2O4. The van der Waals surface area contributed by atoms with Crippen LogP contribution in [0.2, 0.25) is 5.15 Å². The topological polar surface area (TPSA) is 82.3 Å². The van der Waals surface area contributed by atoms with E-state index in [0.717, 1.165) is 6.07 Å². The molecule has 0 spiro atoms. The summed E-state index contributed by atoms with van der Waals surface area (Å²) in [5.74, 6) is -0.770. The molecule has 19 heavy (non-hydrogen) atoms. The van der Waals surface area contributed by atoms with Crippen LogP contribution >= 0.6 is 11.6 Å². The Morgan fingerprint density at radius 1 is 1.63 bits per heavy atom. The fourth-order valence-corrected chi connectivity index (χ4v) is 1.67. The normalized spacial score (nSPS) is 10.6. The van der Waals surface area contributed by atoms with Gasteiger partial charge in [-0.3, -0.25) is 14.9 Å². The van der Waals surface area contributed by atoms with Gasteiger partial charge < -0.3 is 4.74 Å². The Bertz CT molecular complexity index is 511. The molecule has 0 N–H and O–H groups in total. The van der Waals surface area contributed by atoms with E-state index in [1.54, 1.807) is 6.92 Å². The number of rotatable bonds is 5. The Morgan fingerprint density at radius 2 is 2.26 bits per heavy atom. The maximum absolute atomic E-state index is 12.5. The Balaban J connectivity index is 3.24. The fraction of sp³-hybridized carbons (Fsp3) is 0.400. The van der Waals surface area contributed by atoms with Crippen molar-refractivity contribution in [2.45, 2.75) is 19.8 Å². The van der Waals surface area contributed by atoms with E-state index >= 15 is 0 Å². The van der Waals surface area contributed by atoms with E-state index < -0.39 is 40.3 Å². The lowest BCUT2D eigenvalue weighted by molar-refractivity contribution is -0.385. The van der Waals surface area contributed by atoms with E-state index in [2.05, 4.69) is 9.72 Å². The standard InChI is InChI=1S/C10H9ClF2N2O4/c1-2-19-7(16)4-5-3-6(10(12)13)14-9(11)8(5)15(17)18/h3,10H,2,4H2,1H3. The van der Waals surface area contributed by atoms with E-state index in [0.29, 0.717) is 0 Å². The molecule has 0 aliphatic heterocycles. The van der Waals surface area contributed by atoms with Crippen LogP contribution in [0.3, 0.4) is 0 Å². The number of esters is 1. The van der Waals surface area contributed by atoms with Gasteiger partial charge in [0.05, 0.1) is 18.0 Å². The smallest absolute Gasteiger partial charge is 0.310 e. The second-order valence-electron chi connectivity index (χ2n) is 3.39. The predicted octanol–water partition coefficient (Wildman–Crippen LogP) is 2.69. The number of ether oxygens (including phenoxy) is 1. The van der Waals surface area contributed by atoms with Crippen molar-refractivity contribution in [3.8, 4) is 0 Å². The Labute approximate surface area is 111 Å². The van der Waals surface area contributed by atoms with Gasteiger partial charge >= 0.3 is 11.7 Å². The number of nitro groups is 1. The van der Waals surface area contributed by atoms with Gasteiger partial charge in [0.1, 0.15) is 5.69 Å². The molecule has 1 aromatic rings. The summed E-state index contributed by atoms with van der Waals surface area (Å²) < 4.78 is 29.7. The molecule has 0 aliphatic rings. The zero-order valence-corrected chi connectivity index (χ0v) is 10.5. The van der Waals surface area contributed by atoms with Gasteiger partial charge in [0.2, 0.25) is 5.15 Å². The maximum Gasteiger partial charge on any atom is 0.310 e. The molecule has 0 saturated heterocycles. The van der Waals surface area contributed by atoms with Crippen LogP contribution in [0.1, 0.15) is 24.6 Å². The van der Waals surface area contributed by atoms with Crippen molar-refractivity contribution in [1.29, 1.82) is 0 Å². The van der Waals surface area contributed by atoms with E-state index in [4.69, 9.17) is 11.6 Å². The van der Waals surface area contributed by atoms with E-state index in [-0.39, 0.29) is 12.2 Å². The summed E-state index contributed by atoms with van der Waals surface area (Å²) in [6.45, 7) is 1.63. The molecule has 0 bridgehead atoms. The number of nitrogens with zero attached hydrogens (tertiary/aromatic N) is 2. The van der Waals surface area contributed by atoms with Crippen LogP contribution in [-0.4, -0.2) is 22.5 Å². The molecule has 1 rings (SSSR count). The molecule has 104 valence electrons. The Kier molecular flexibility index (Phi) is 5.11. The van der Waals surface area contributed by atoms with E-state index in [1.807, 2.05) is 0 Å². The first-order valence-electron chi connectivity index (χ1n) is 5.14. The number of pyridine rings is 1. The second-order valence-corrected chi connectivity index (χ2v) is 3.74. The van der Waals surface area contributed by atoms with Crippen LogP contribution in [0.15, 0.2) is 6.07 Å². The summed E-state index contributed by atoms with van der Waals surface area (Å²) in [5.41, 5.74) is -1.65. The summed E-state index contributed by atoms with van der Waals surface area (Å²) in [5, 5.41) is 10.1. The van der Waals surface area contributed by atoms with Gasteiger partial charge in [-0.25, -0.2) is 13.8 Å². The summed E-state index contributed by atoms with van der Waals surface area (Å²) in [6.07, 6.45) is -3.47. The first-order chi connectivity index (χ1) is 8.86. The highest BCUT2D eigenvalue weighted by Gasteiger charge is 2.26. The monoisotopic (exact) mass is 294 g/mol. The number of carbonyl (C=O) groups excluding carboxylic acids is 1. The number of aromatic nitrogens is 1. The molecule has 0 aromatic carbocycles. The van der Waals surface area contributed by atoms with Gasteiger partial charge in [-0.1, -0.05) is 11.6 Å². The molecular weight excluding hydrogens is 286 g/mol. The van der Waals surface area contributed by atoms with Gasteiger partial charge in [0, 0.05) is 5.56 Å². The largest absolute Gasteiger partial charge is 0.466 e. The van der Waals surface area contributed by atoms with Crippen LogP contribution in [0, 0.1) is 10.1 Å². The summed E-state index contributed by atoms with van der Waals surface area (Å²) in [6, 6.07) is 0.783. The molecule has 0 amide bonds. The minimum Gasteiger partial charge on any atom is -0.466 e. The van der Waals surface area contributed by atoms with Crippen molar-refractivity contribution in [1.82, 2.24) is 4.98 Å². The van der Waals surface area contributed by atoms with Gasteiger partial charge in [-0.15, -0.1) is 0 Å². The molecule has 0 saturated carbocycles. The second kappa shape index (κ2) is 6.37. The zero-order valence-electron chi connectivity index (χ0n) is 9.73. The van der Waals surface area contributed by atoms with Gasteiger partial charge in [0.15, 0.2) is 0 Å². The third-order valence-corrected chi connectivity index (χ3v) is 2.36. The molecule has 6 nitrogen and oxygen atoms in total. The van der Waals surface area contributed by atoms with Crippen LogP contribution < -0.4 is 0 Å². The van der Waals surface area contributed by atoms with Gasteiger partial charge in [0.25, 0.3) is 6.43 Å². The number of carbonyl (C=O) groups is 1. The number of halogens is 3. The molecule has 0 fully saturated rings. The summed E-state index contributed by atoms with van der Waals surface area (Å²) in [7, 11) is 0. The number of alkyl halides is 2.